The number of nitrogens with one attached hydrogen (secondary N) is 1. The Kier molecular flexibility index (Phi) is 6.58. The lowest BCUT2D eigenvalue weighted by Crippen LogP contribution is -2.49. The van der Waals surface area contributed by atoms with Crippen molar-refractivity contribution in [2.24, 2.45) is 0 Å². The number of amides is 1. The van der Waals surface area contributed by atoms with Gasteiger partial charge in [-0.2, -0.15) is 5.10 Å². The maximum absolute atomic E-state index is 12.6. The lowest BCUT2D eigenvalue weighted by molar-refractivity contribution is -0.117. The third-order valence-corrected chi connectivity index (χ3v) is 7.04. The fourth-order valence-electron chi connectivity index (χ4n) is 4.54. The van der Waals surface area contributed by atoms with E-state index in [0.717, 1.165) is 72.0 Å². The molecule has 0 unspecified atom stereocenters. The van der Waals surface area contributed by atoms with Crippen LogP contribution >= 0.6 is 12.2 Å². The number of carbonyl (C=O) groups excluding carboxylic acids is 1. The van der Waals surface area contributed by atoms with Crippen LogP contribution in [0.5, 0.6) is 0 Å². The summed E-state index contributed by atoms with van der Waals surface area (Å²) in [6, 6.07) is 10.5. The van der Waals surface area contributed by atoms with Gasteiger partial charge in [-0.05, 0) is 62.2 Å². The molecule has 0 bridgehead atoms. The van der Waals surface area contributed by atoms with Gasteiger partial charge in [0.25, 0.3) is 0 Å². The van der Waals surface area contributed by atoms with E-state index in [-0.39, 0.29) is 5.91 Å². The molecule has 1 amide bonds. The van der Waals surface area contributed by atoms with Crippen molar-refractivity contribution in [3.05, 3.63) is 58.6 Å². The highest BCUT2D eigenvalue weighted by atomic mass is 32.1. The number of aryl methyl sites for hydroxylation is 2. The van der Waals surface area contributed by atoms with Crippen molar-refractivity contribution in [3.63, 3.8) is 0 Å². The van der Waals surface area contributed by atoms with Crippen molar-refractivity contribution in [2.75, 3.05) is 38.0 Å². The molecule has 1 saturated carbocycles. The average molecular weight is 478 g/mol. The molecule has 2 aliphatic rings. The Balaban J connectivity index is 1.19. The third-order valence-electron chi connectivity index (χ3n) is 6.63. The number of hydrogen-bond acceptors (Lipinski definition) is 6. The zero-order valence-electron chi connectivity index (χ0n) is 19.8. The molecule has 9 heteroatoms. The summed E-state index contributed by atoms with van der Waals surface area (Å²) in [4.78, 5) is 21.3. The van der Waals surface area contributed by atoms with Crippen LogP contribution in [0.25, 0.3) is 11.4 Å². The number of benzene rings is 1. The SMILES string of the molecule is Cc1cccc(C)c1NC(=O)CN1CCN(Cn2nc(-c3ccncc3)n(C3CC3)c2=S)CC1. The van der Waals surface area contributed by atoms with E-state index in [1.54, 1.807) is 12.4 Å². The molecule has 1 aromatic carbocycles. The lowest BCUT2D eigenvalue weighted by atomic mass is 10.1. The molecule has 8 nitrogen and oxygen atoms in total. The third kappa shape index (κ3) is 4.96. The summed E-state index contributed by atoms with van der Waals surface area (Å²) in [6.45, 7) is 8.55. The largest absolute Gasteiger partial charge is 0.324 e. The van der Waals surface area contributed by atoms with Gasteiger partial charge >= 0.3 is 0 Å². The van der Waals surface area contributed by atoms with Crippen molar-refractivity contribution in [2.45, 2.75) is 39.4 Å². The van der Waals surface area contributed by atoms with Gasteiger partial charge in [0.2, 0.25) is 5.91 Å². The molecule has 0 spiro atoms. The van der Waals surface area contributed by atoms with Gasteiger partial charge in [-0.25, -0.2) is 4.68 Å². The van der Waals surface area contributed by atoms with Crippen LogP contribution in [0.4, 0.5) is 5.69 Å². The van der Waals surface area contributed by atoms with Crippen LogP contribution in [0.15, 0.2) is 42.7 Å². The molecule has 2 fully saturated rings. The van der Waals surface area contributed by atoms with Gasteiger partial charge in [-0.1, -0.05) is 18.2 Å². The molecule has 0 atom stereocenters. The zero-order chi connectivity index (χ0) is 23.7. The number of aromatic nitrogens is 4. The van der Waals surface area contributed by atoms with Crippen LogP contribution in [-0.2, 0) is 11.5 Å². The van der Waals surface area contributed by atoms with Gasteiger partial charge in [0.1, 0.15) is 0 Å². The second kappa shape index (κ2) is 9.77. The van der Waals surface area contributed by atoms with E-state index in [0.29, 0.717) is 19.3 Å². The van der Waals surface area contributed by atoms with Crippen molar-refractivity contribution in [3.8, 4) is 11.4 Å². The topological polar surface area (TPSA) is 71.2 Å². The maximum atomic E-state index is 12.6. The van der Waals surface area contributed by atoms with Crippen molar-refractivity contribution >= 4 is 23.8 Å². The maximum Gasteiger partial charge on any atom is 0.238 e. The molecule has 3 aromatic rings. The first kappa shape index (κ1) is 22.9. The van der Waals surface area contributed by atoms with Crippen molar-refractivity contribution in [1.29, 1.82) is 0 Å². The fourth-order valence-corrected chi connectivity index (χ4v) is 4.88. The number of piperazine rings is 1. The Morgan fingerprint density at radius 3 is 2.32 bits per heavy atom. The highest BCUT2D eigenvalue weighted by molar-refractivity contribution is 7.71. The predicted octanol–water partition coefficient (Wildman–Crippen LogP) is 3.64. The van der Waals surface area contributed by atoms with Crippen molar-refractivity contribution < 1.29 is 4.79 Å². The minimum atomic E-state index is 0.0400. The Bertz CT molecular complexity index is 1200. The molecule has 0 radical (unpaired) electrons. The van der Waals surface area contributed by atoms with E-state index in [4.69, 9.17) is 17.3 Å². The normalized spacial score (nSPS) is 17.1. The Labute approximate surface area is 205 Å². The van der Waals surface area contributed by atoms with Gasteiger partial charge in [0.15, 0.2) is 10.6 Å². The molecular weight excluding hydrogens is 446 g/mol. The number of pyridine rings is 1. The average Bonchev–Trinajstić information content (AvgIpc) is 3.62. The second-order valence-corrected chi connectivity index (χ2v) is 9.66. The number of para-hydroxylation sites is 1. The zero-order valence-corrected chi connectivity index (χ0v) is 20.6. The van der Waals surface area contributed by atoms with Crippen LogP contribution < -0.4 is 5.32 Å². The molecule has 1 aliphatic heterocycles. The summed E-state index contributed by atoms with van der Waals surface area (Å²) in [7, 11) is 0. The van der Waals surface area contributed by atoms with E-state index in [2.05, 4.69) is 24.7 Å². The van der Waals surface area contributed by atoms with E-state index >= 15 is 0 Å². The van der Waals surface area contributed by atoms with E-state index < -0.39 is 0 Å². The summed E-state index contributed by atoms with van der Waals surface area (Å²) in [6.07, 6.45) is 5.90. The van der Waals surface area contributed by atoms with Crippen LogP contribution in [0, 0.1) is 18.6 Å². The Morgan fingerprint density at radius 2 is 1.68 bits per heavy atom. The fraction of sp³-hybridized carbons (Fsp3) is 0.440. The first-order chi connectivity index (χ1) is 16.5. The molecule has 178 valence electrons. The smallest absolute Gasteiger partial charge is 0.238 e. The molecular formula is C25H31N7OS. The van der Waals surface area contributed by atoms with Gasteiger partial charge in [0, 0.05) is 55.9 Å². The molecule has 1 aliphatic carbocycles. The first-order valence-corrected chi connectivity index (χ1v) is 12.3. The van der Waals surface area contributed by atoms with E-state index in [1.807, 2.05) is 48.9 Å². The summed E-state index contributed by atoms with van der Waals surface area (Å²) in [5.41, 5.74) is 4.15. The van der Waals surface area contributed by atoms with E-state index in [1.165, 1.54) is 0 Å². The summed E-state index contributed by atoms with van der Waals surface area (Å²) in [5.74, 6) is 0.968. The minimum Gasteiger partial charge on any atom is -0.324 e. The number of anilines is 1. The number of rotatable bonds is 7. The Morgan fingerprint density at radius 1 is 1.03 bits per heavy atom. The number of nitrogens with zero attached hydrogens (tertiary/aromatic N) is 6. The minimum absolute atomic E-state index is 0.0400. The van der Waals surface area contributed by atoms with E-state index in [9.17, 15) is 4.79 Å². The molecule has 1 saturated heterocycles. The summed E-state index contributed by atoms with van der Waals surface area (Å²) < 4.78 is 4.94. The summed E-state index contributed by atoms with van der Waals surface area (Å²) in [5, 5.41) is 7.99. The molecule has 1 N–H and O–H groups in total. The van der Waals surface area contributed by atoms with Gasteiger partial charge in [-0.3, -0.25) is 24.1 Å². The highest BCUT2D eigenvalue weighted by Crippen LogP contribution is 2.38. The molecule has 34 heavy (non-hydrogen) atoms. The molecule has 5 rings (SSSR count). The molecule has 2 aromatic heterocycles. The summed E-state index contributed by atoms with van der Waals surface area (Å²) >= 11 is 5.82. The van der Waals surface area contributed by atoms with Crippen molar-refractivity contribution in [1.82, 2.24) is 29.1 Å². The lowest BCUT2D eigenvalue weighted by Gasteiger charge is -2.34. The highest BCUT2D eigenvalue weighted by Gasteiger charge is 2.29. The second-order valence-electron chi connectivity index (χ2n) is 9.29. The van der Waals surface area contributed by atoms with Crippen LogP contribution in [0.1, 0.15) is 30.0 Å². The quantitative estimate of drug-likeness (QED) is 0.524. The molecule has 3 heterocycles. The Hall–Kier alpha value is -2.88. The van der Waals surface area contributed by atoms with Gasteiger partial charge in [0.05, 0.1) is 13.2 Å². The van der Waals surface area contributed by atoms with Crippen LogP contribution in [-0.4, -0.2) is 67.8 Å². The van der Waals surface area contributed by atoms with Crippen LogP contribution in [0.2, 0.25) is 0 Å². The van der Waals surface area contributed by atoms with Gasteiger partial charge in [-0.15, -0.1) is 0 Å². The monoisotopic (exact) mass is 477 g/mol. The number of carbonyl (C=O) groups is 1. The predicted molar refractivity (Wildman–Crippen MR) is 135 cm³/mol. The standard InChI is InChI=1S/C25H31N7OS/c1-18-4-3-5-19(2)23(18)27-22(33)16-29-12-14-30(15-13-29)17-31-25(34)32(21-6-7-21)24(28-31)20-8-10-26-11-9-20/h3-5,8-11,21H,6-7,12-17H2,1-2H3,(H,27,33). The first-order valence-electron chi connectivity index (χ1n) is 11.9. The van der Waals surface area contributed by atoms with Gasteiger partial charge < -0.3 is 5.32 Å². The number of hydrogen-bond donors (Lipinski definition) is 1. The van der Waals surface area contributed by atoms with Crippen LogP contribution in [0.3, 0.4) is 0 Å².